The summed E-state index contributed by atoms with van der Waals surface area (Å²) in [5.41, 5.74) is -1.05. The molecule has 1 aromatic rings. The third-order valence-electron chi connectivity index (χ3n) is 4.10. The minimum atomic E-state index is -4.91. The van der Waals surface area contributed by atoms with Crippen molar-refractivity contribution in [3.8, 4) is 11.5 Å². The fraction of sp³-hybridized carbons (Fsp3) is 0.467. The first-order valence-corrected chi connectivity index (χ1v) is 9.42. The molecule has 1 aromatic carbocycles. The topological polar surface area (TPSA) is 122 Å². The Balaban J connectivity index is 2.10. The van der Waals surface area contributed by atoms with Gasteiger partial charge in [0.2, 0.25) is 0 Å². The van der Waals surface area contributed by atoms with E-state index in [4.69, 9.17) is 4.74 Å². The SMILES string of the molecule is CN=C1NS(=O)(=O)NC1=N[C@@H]1c2cc(OC(F)(F)F)ccc2OC(C)(C)[C@H]1O. The van der Waals surface area contributed by atoms with E-state index in [1.165, 1.54) is 13.1 Å². The molecule has 0 unspecified atom stereocenters. The lowest BCUT2D eigenvalue weighted by atomic mass is 9.87. The second-order valence-electron chi connectivity index (χ2n) is 6.60. The molecule has 3 N–H and O–H groups in total. The van der Waals surface area contributed by atoms with E-state index in [1.54, 1.807) is 13.8 Å². The quantitative estimate of drug-likeness (QED) is 0.657. The number of halogens is 3. The van der Waals surface area contributed by atoms with E-state index in [1.807, 2.05) is 0 Å². The van der Waals surface area contributed by atoms with Crippen LogP contribution in [-0.4, -0.2) is 50.3 Å². The Morgan fingerprint density at radius 2 is 1.89 bits per heavy atom. The predicted octanol–water partition coefficient (Wildman–Crippen LogP) is 1.02. The van der Waals surface area contributed by atoms with Gasteiger partial charge >= 0.3 is 16.6 Å². The van der Waals surface area contributed by atoms with Crippen molar-refractivity contribution in [3.63, 3.8) is 0 Å². The van der Waals surface area contributed by atoms with Gasteiger partial charge in [0.25, 0.3) is 0 Å². The molecule has 0 bridgehead atoms. The molecule has 0 radical (unpaired) electrons. The molecular weight excluding hydrogens is 405 g/mol. The van der Waals surface area contributed by atoms with E-state index in [0.717, 1.165) is 12.1 Å². The number of rotatable bonds is 2. The number of nitrogens with zero attached hydrogens (tertiary/aromatic N) is 2. The number of aliphatic hydroxyl groups is 1. The van der Waals surface area contributed by atoms with Gasteiger partial charge in [0.05, 0.1) is 0 Å². The monoisotopic (exact) mass is 422 g/mol. The van der Waals surface area contributed by atoms with Crippen molar-refractivity contribution in [3.05, 3.63) is 23.8 Å². The average molecular weight is 422 g/mol. The Kier molecular flexibility index (Phi) is 4.70. The zero-order valence-corrected chi connectivity index (χ0v) is 15.7. The Bertz CT molecular complexity index is 959. The van der Waals surface area contributed by atoms with Crippen LogP contribution in [0.15, 0.2) is 28.2 Å². The maximum absolute atomic E-state index is 12.5. The molecule has 0 amide bonds. The molecule has 9 nitrogen and oxygen atoms in total. The van der Waals surface area contributed by atoms with Crippen LogP contribution in [0.25, 0.3) is 0 Å². The molecule has 2 aliphatic heterocycles. The average Bonchev–Trinajstić information content (AvgIpc) is 2.84. The van der Waals surface area contributed by atoms with E-state index in [-0.39, 0.29) is 23.0 Å². The van der Waals surface area contributed by atoms with Crippen LogP contribution in [0.2, 0.25) is 0 Å². The molecular formula is C15H17F3N4O5S. The number of alkyl halides is 3. The summed E-state index contributed by atoms with van der Waals surface area (Å²) in [6.07, 6.45) is -6.22. The standard InChI is InChI=1S/C15H17F3N4O5S/c1-14(2)11(23)10(20-13-12(19-3)21-28(24,25)22-13)8-6-7(26-15(16,17)18)4-5-9(8)27-14/h4-6,10-11,23H,1-3H3,(H,19,21)(H,20,22)/t10-,11+/m1/s1. The highest BCUT2D eigenvalue weighted by molar-refractivity contribution is 7.89. The van der Waals surface area contributed by atoms with Crippen molar-refractivity contribution in [2.24, 2.45) is 9.98 Å². The summed E-state index contributed by atoms with van der Waals surface area (Å²) < 4.78 is 74.9. The lowest BCUT2D eigenvalue weighted by molar-refractivity contribution is -0.274. The van der Waals surface area contributed by atoms with Crippen molar-refractivity contribution in [2.45, 2.75) is 38.0 Å². The number of aliphatic imine (C=N–C) groups is 2. The number of fused-ring (bicyclic) bond motifs is 1. The number of hydrogen-bond donors (Lipinski definition) is 3. The van der Waals surface area contributed by atoms with E-state index in [9.17, 15) is 26.7 Å². The fourth-order valence-corrected chi connectivity index (χ4v) is 3.73. The van der Waals surface area contributed by atoms with Crippen molar-refractivity contribution in [1.29, 1.82) is 0 Å². The minimum absolute atomic E-state index is 0.0965. The third kappa shape index (κ3) is 3.99. The smallest absolute Gasteiger partial charge is 0.485 e. The van der Waals surface area contributed by atoms with Gasteiger partial charge in [-0.2, -0.15) is 8.42 Å². The van der Waals surface area contributed by atoms with Crippen LogP contribution in [0.1, 0.15) is 25.5 Å². The van der Waals surface area contributed by atoms with Gasteiger partial charge < -0.3 is 14.6 Å². The van der Waals surface area contributed by atoms with Gasteiger partial charge in [0.1, 0.15) is 29.2 Å². The maximum Gasteiger partial charge on any atom is 0.573 e. The van der Waals surface area contributed by atoms with Gasteiger partial charge in [-0.25, -0.2) is 9.44 Å². The summed E-state index contributed by atoms with van der Waals surface area (Å²) in [5, 5.41) is 10.7. The molecule has 1 fully saturated rings. The summed E-state index contributed by atoms with van der Waals surface area (Å²) in [5.74, 6) is -0.623. The molecule has 28 heavy (non-hydrogen) atoms. The molecule has 13 heteroatoms. The zero-order valence-electron chi connectivity index (χ0n) is 14.9. The molecule has 154 valence electrons. The number of aliphatic hydroxyl groups excluding tert-OH is 1. The van der Waals surface area contributed by atoms with Gasteiger partial charge in [-0.1, -0.05) is 0 Å². The van der Waals surface area contributed by atoms with Crippen LogP contribution >= 0.6 is 0 Å². The fourth-order valence-electron chi connectivity index (χ4n) is 2.84. The first-order valence-electron chi connectivity index (χ1n) is 7.93. The van der Waals surface area contributed by atoms with Crippen LogP contribution < -0.4 is 18.9 Å². The van der Waals surface area contributed by atoms with E-state index >= 15 is 0 Å². The van der Waals surface area contributed by atoms with Gasteiger partial charge in [0.15, 0.2) is 11.7 Å². The van der Waals surface area contributed by atoms with E-state index < -0.39 is 40.1 Å². The molecule has 2 atom stereocenters. The van der Waals surface area contributed by atoms with Crippen molar-refractivity contribution >= 4 is 21.9 Å². The van der Waals surface area contributed by atoms with Crippen molar-refractivity contribution < 1.29 is 36.2 Å². The maximum atomic E-state index is 12.5. The van der Waals surface area contributed by atoms with Gasteiger partial charge in [-0.3, -0.25) is 9.98 Å². The van der Waals surface area contributed by atoms with Gasteiger partial charge in [-0.15, -0.1) is 13.2 Å². The first kappa shape index (κ1) is 20.2. The highest BCUT2D eigenvalue weighted by Gasteiger charge is 2.44. The molecule has 0 saturated carbocycles. The van der Waals surface area contributed by atoms with E-state index in [0.29, 0.717) is 0 Å². The Labute approximate surface area is 158 Å². The van der Waals surface area contributed by atoms with Crippen LogP contribution in [0, 0.1) is 0 Å². The minimum Gasteiger partial charge on any atom is -0.485 e. The summed E-state index contributed by atoms with van der Waals surface area (Å²) in [6, 6.07) is 2.23. The lowest BCUT2D eigenvalue weighted by Crippen LogP contribution is -2.48. The Morgan fingerprint density at radius 1 is 1.25 bits per heavy atom. The second kappa shape index (κ2) is 6.51. The molecule has 2 heterocycles. The Hall–Kier alpha value is -2.54. The molecule has 0 aromatic heterocycles. The summed E-state index contributed by atoms with van der Waals surface area (Å²) in [6.45, 7) is 3.14. The zero-order chi connectivity index (χ0) is 20.9. The van der Waals surface area contributed by atoms with Crippen LogP contribution in [0.4, 0.5) is 13.2 Å². The first-order chi connectivity index (χ1) is 12.8. The second-order valence-corrected chi connectivity index (χ2v) is 8.02. The summed E-state index contributed by atoms with van der Waals surface area (Å²) >= 11 is 0. The van der Waals surface area contributed by atoms with Crippen LogP contribution in [0.3, 0.4) is 0 Å². The number of amidine groups is 2. The van der Waals surface area contributed by atoms with Crippen molar-refractivity contribution in [2.75, 3.05) is 7.05 Å². The van der Waals surface area contributed by atoms with Crippen molar-refractivity contribution in [1.82, 2.24) is 9.44 Å². The largest absolute Gasteiger partial charge is 0.573 e. The Morgan fingerprint density at radius 3 is 2.50 bits per heavy atom. The van der Waals surface area contributed by atoms with E-state index in [2.05, 4.69) is 24.2 Å². The molecule has 1 saturated heterocycles. The number of ether oxygens (including phenoxy) is 2. The normalized spacial score (nSPS) is 28.2. The molecule has 0 spiro atoms. The molecule has 3 rings (SSSR count). The van der Waals surface area contributed by atoms with Crippen LogP contribution in [0.5, 0.6) is 11.5 Å². The third-order valence-corrected chi connectivity index (χ3v) is 5.02. The number of hydrogen-bond acceptors (Lipinski definition) is 7. The lowest BCUT2D eigenvalue weighted by Gasteiger charge is -2.40. The van der Waals surface area contributed by atoms with Gasteiger partial charge in [-0.05, 0) is 32.0 Å². The highest BCUT2D eigenvalue weighted by atomic mass is 32.2. The highest BCUT2D eigenvalue weighted by Crippen LogP contribution is 2.44. The number of nitrogens with one attached hydrogen (secondary N) is 2. The molecule has 2 aliphatic rings. The predicted molar refractivity (Wildman–Crippen MR) is 92.6 cm³/mol. The number of benzene rings is 1. The van der Waals surface area contributed by atoms with Crippen LogP contribution in [-0.2, 0) is 10.2 Å². The summed E-state index contributed by atoms with van der Waals surface area (Å²) in [7, 11) is -2.58. The molecule has 0 aliphatic carbocycles. The van der Waals surface area contributed by atoms with Gasteiger partial charge in [0, 0.05) is 12.6 Å². The summed E-state index contributed by atoms with van der Waals surface area (Å²) in [4.78, 5) is 7.96.